The van der Waals surface area contributed by atoms with E-state index in [1.54, 1.807) is 0 Å². The van der Waals surface area contributed by atoms with Gasteiger partial charge in [-0.2, -0.15) is 0 Å². The molecular formula is C28H37ClN2O2. The van der Waals surface area contributed by atoms with Crippen molar-refractivity contribution in [2.24, 2.45) is 5.92 Å². The number of rotatable bonds is 5. The summed E-state index contributed by atoms with van der Waals surface area (Å²) in [4.78, 5) is 17.6. The van der Waals surface area contributed by atoms with Crippen molar-refractivity contribution in [1.29, 1.82) is 0 Å². The number of amides is 1. The van der Waals surface area contributed by atoms with Gasteiger partial charge in [0.05, 0.1) is 6.04 Å². The first-order chi connectivity index (χ1) is 15.8. The van der Waals surface area contributed by atoms with Gasteiger partial charge in [-0.15, -0.1) is 0 Å². The number of carbonyl (C=O) groups excluding carboxylic acids is 1. The molecule has 4 rings (SSSR count). The lowest BCUT2D eigenvalue weighted by atomic mass is 9.88. The summed E-state index contributed by atoms with van der Waals surface area (Å²) in [6, 6.07) is 19.6. The Morgan fingerprint density at radius 1 is 1.00 bits per heavy atom. The number of hydrogen-bond acceptors (Lipinski definition) is 3. The Labute approximate surface area is 203 Å². The molecule has 0 N–H and O–H groups in total. The molecule has 0 bridgehead atoms. The zero-order chi connectivity index (χ0) is 23.4. The fourth-order valence-electron chi connectivity index (χ4n) is 5.41. The fourth-order valence-corrected chi connectivity index (χ4v) is 5.53. The highest BCUT2D eigenvalue weighted by atomic mass is 35.5. The lowest BCUT2D eigenvalue weighted by Crippen LogP contribution is -2.49. The van der Waals surface area contributed by atoms with Gasteiger partial charge < -0.3 is 14.5 Å². The Morgan fingerprint density at radius 3 is 2.30 bits per heavy atom. The van der Waals surface area contributed by atoms with Gasteiger partial charge in [-0.3, -0.25) is 0 Å². The molecule has 33 heavy (non-hydrogen) atoms. The van der Waals surface area contributed by atoms with Gasteiger partial charge in [-0.1, -0.05) is 61.2 Å². The number of nitrogens with zero attached hydrogens (tertiary/aromatic N) is 2. The Balaban J connectivity index is 1.65. The van der Waals surface area contributed by atoms with Crippen LogP contribution in [0.1, 0.15) is 58.4 Å². The van der Waals surface area contributed by atoms with Gasteiger partial charge >= 0.3 is 6.09 Å². The molecule has 2 aliphatic rings. The molecule has 0 spiro atoms. The third kappa shape index (κ3) is 6.23. The van der Waals surface area contributed by atoms with Crippen LogP contribution in [-0.4, -0.2) is 41.8 Å². The second-order valence-corrected chi connectivity index (χ2v) is 11.0. The van der Waals surface area contributed by atoms with E-state index in [9.17, 15) is 4.79 Å². The summed E-state index contributed by atoms with van der Waals surface area (Å²) in [6.07, 6.45) is 6.98. The van der Waals surface area contributed by atoms with E-state index in [-0.39, 0.29) is 12.1 Å². The molecule has 1 aliphatic heterocycles. The standard InChI is InChI=1S/C28H37ClN2O2/c1-28(2,3)33-27(32)30-19-22(18-21-10-6-4-7-11-21)26(20-30)31(24-12-8-5-9-13-24)25-16-14-23(29)15-17-25/h4,6-7,10-11,14-17,22,24,26H,5,8-9,12-13,18-20H2,1-3H3/t22-,26-/m0/s1. The van der Waals surface area contributed by atoms with E-state index in [0.717, 1.165) is 11.4 Å². The van der Waals surface area contributed by atoms with Gasteiger partial charge in [0, 0.05) is 35.8 Å². The lowest BCUT2D eigenvalue weighted by molar-refractivity contribution is 0.0286. The molecule has 0 radical (unpaired) electrons. The lowest BCUT2D eigenvalue weighted by Gasteiger charge is -2.42. The zero-order valence-electron chi connectivity index (χ0n) is 20.2. The van der Waals surface area contributed by atoms with Gasteiger partial charge in [0.25, 0.3) is 0 Å². The van der Waals surface area contributed by atoms with Crippen LogP contribution in [0.5, 0.6) is 0 Å². The van der Waals surface area contributed by atoms with Gasteiger partial charge in [-0.05, 0) is 69.9 Å². The first-order valence-electron chi connectivity index (χ1n) is 12.4. The van der Waals surface area contributed by atoms with Gasteiger partial charge in [0.15, 0.2) is 0 Å². The summed E-state index contributed by atoms with van der Waals surface area (Å²) in [6.45, 7) is 7.20. The van der Waals surface area contributed by atoms with Crippen LogP contribution >= 0.6 is 11.6 Å². The number of ether oxygens (including phenoxy) is 1. The molecule has 178 valence electrons. The SMILES string of the molecule is CC(C)(C)OC(=O)N1C[C@H](Cc2ccccc2)[C@@H](N(c2ccc(Cl)cc2)C2CCCCC2)C1. The van der Waals surface area contributed by atoms with Gasteiger partial charge in [0.1, 0.15) is 5.60 Å². The minimum atomic E-state index is -0.497. The molecule has 1 saturated carbocycles. The van der Waals surface area contributed by atoms with Crippen LogP contribution in [0.2, 0.25) is 5.02 Å². The molecule has 2 atom stereocenters. The second-order valence-electron chi connectivity index (χ2n) is 10.6. The molecule has 2 fully saturated rings. The molecule has 0 unspecified atom stereocenters. The predicted octanol–water partition coefficient (Wildman–Crippen LogP) is 6.96. The molecule has 2 aromatic rings. The van der Waals surface area contributed by atoms with Crippen molar-refractivity contribution in [2.75, 3.05) is 18.0 Å². The summed E-state index contributed by atoms with van der Waals surface area (Å²) in [5.41, 5.74) is 2.03. The fraction of sp³-hybridized carbons (Fsp3) is 0.536. The van der Waals surface area contributed by atoms with E-state index >= 15 is 0 Å². The van der Waals surface area contributed by atoms with Crippen molar-refractivity contribution >= 4 is 23.4 Å². The van der Waals surface area contributed by atoms with Crippen LogP contribution < -0.4 is 4.90 Å². The zero-order valence-corrected chi connectivity index (χ0v) is 20.9. The predicted molar refractivity (Wildman–Crippen MR) is 136 cm³/mol. The number of likely N-dealkylation sites (tertiary alicyclic amines) is 1. The summed E-state index contributed by atoms with van der Waals surface area (Å²) >= 11 is 6.24. The highest BCUT2D eigenvalue weighted by molar-refractivity contribution is 6.30. The quantitative estimate of drug-likeness (QED) is 0.475. The summed E-state index contributed by atoms with van der Waals surface area (Å²) in [5.74, 6) is 0.331. The summed E-state index contributed by atoms with van der Waals surface area (Å²) in [5, 5.41) is 0.755. The largest absolute Gasteiger partial charge is 0.444 e. The van der Waals surface area contributed by atoms with Crippen molar-refractivity contribution in [3.8, 4) is 0 Å². The molecule has 1 saturated heterocycles. The van der Waals surface area contributed by atoms with Crippen LogP contribution in [0.4, 0.5) is 10.5 Å². The summed E-state index contributed by atoms with van der Waals surface area (Å²) in [7, 11) is 0. The van der Waals surface area contributed by atoms with E-state index in [1.807, 2.05) is 37.8 Å². The Hall–Kier alpha value is -2.20. The van der Waals surface area contributed by atoms with Crippen LogP contribution in [-0.2, 0) is 11.2 Å². The number of hydrogen-bond donors (Lipinski definition) is 0. The highest BCUT2D eigenvalue weighted by Crippen LogP contribution is 2.36. The van der Waals surface area contributed by atoms with E-state index in [4.69, 9.17) is 16.3 Å². The van der Waals surface area contributed by atoms with Crippen molar-refractivity contribution in [3.63, 3.8) is 0 Å². The van der Waals surface area contributed by atoms with Crippen molar-refractivity contribution in [2.45, 2.75) is 77.0 Å². The average molecular weight is 469 g/mol. The van der Waals surface area contributed by atoms with Crippen LogP contribution in [0.15, 0.2) is 54.6 Å². The summed E-state index contributed by atoms with van der Waals surface area (Å²) < 4.78 is 5.77. The molecule has 1 amide bonds. The van der Waals surface area contributed by atoms with E-state index in [1.165, 1.54) is 43.4 Å². The number of halogens is 1. The first-order valence-corrected chi connectivity index (χ1v) is 12.7. The maximum absolute atomic E-state index is 13.1. The third-order valence-electron chi connectivity index (χ3n) is 6.85. The Bertz CT molecular complexity index is 904. The Morgan fingerprint density at radius 2 is 1.67 bits per heavy atom. The van der Waals surface area contributed by atoms with Crippen molar-refractivity contribution < 1.29 is 9.53 Å². The highest BCUT2D eigenvalue weighted by Gasteiger charge is 2.42. The molecule has 4 nitrogen and oxygen atoms in total. The van der Waals surface area contributed by atoms with E-state index in [0.29, 0.717) is 25.0 Å². The van der Waals surface area contributed by atoms with Gasteiger partial charge in [-0.25, -0.2) is 4.79 Å². The molecule has 2 aromatic carbocycles. The maximum Gasteiger partial charge on any atom is 0.410 e. The number of carbonyl (C=O) groups is 1. The number of benzene rings is 2. The number of anilines is 1. The minimum absolute atomic E-state index is 0.206. The van der Waals surface area contributed by atoms with Crippen LogP contribution in [0.25, 0.3) is 0 Å². The molecule has 0 aromatic heterocycles. The first kappa shape index (κ1) is 23.9. The van der Waals surface area contributed by atoms with Crippen LogP contribution in [0.3, 0.4) is 0 Å². The molecular weight excluding hydrogens is 432 g/mol. The molecule has 1 aliphatic carbocycles. The third-order valence-corrected chi connectivity index (χ3v) is 7.10. The molecule has 1 heterocycles. The normalized spacial score (nSPS) is 21.8. The van der Waals surface area contributed by atoms with Crippen LogP contribution in [0, 0.1) is 5.92 Å². The van der Waals surface area contributed by atoms with Crippen molar-refractivity contribution in [1.82, 2.24) is 4.90 Å². The monoisotopic (exact) mass is 468 g/mol. The topological polar surface area (TPSA) is 32.8 Å². The molecule has 5 heteroatoms. The van der Waals surface area contributed by atoms with E-state index in [2.05, 4.69) is 47.4 Å². The Kier molecular flexibility index (Phi) is 7.53. The van der Waals surface area contributed by atoms with Gasteiger partial charge in [0.2, 0.25) is 0 Å². The van der Waals surface area contributed by atoms with E-state index < -0.39 is 5.60 Å². The minimum Gasteiger partial charge on any atom is -0.444 e. The smallest absolute Gasteiger partial charge is 0.410 e. The maximum atomic E-state index is 13.1. The van der Waals surface area contributed by atoms with Crippen molar-refractivity contribution in [3.05, 3.63) is 65.2 Å². The second kappa shape index (κ2) is 10.4. The average Bonchev–Trinajstić information content (AvgIpc) is 3.19.